The first-order chi connectivity index (χ1) is 3.21. The second kappa shape index (κ2) is 1.70. The van der Waals surface area contributed by atoms with Crippen molar-refractivity contribution in [2.75, 3.05) is 11.5 Å². The fraction of sp³-hybridized carbons (Fsp3) is 0.833. The highest BCUT2D eigenvalue weighted by atomic mass is 32.2. The zero-order valence-electron chi connectivity index (χ0n) is 4.90. The van der Waals surface area contributed by atoms with E-state index in [0.29, 0.717) is 5.41 Å². The summed E-state index contributed by atoms with van der Waals surface area (Å²) in [5, 5.41) is 0. The second-order valence-electron chi connectivity index (χ2n) is 2.71. The van der Waals surface area contributed by atoms with Crippen LogP contribution in [0.25, 0.3) is 0 Å². The molecule has 0 aromatic heterocycles. The molecule has 0 unspecified atom stereocenters. The van der Waals surface area contributed by atoms with E-state index in [9.17, 15) is 0 Å². The summed E-state index contributed by atoms with van der Waals surface area (Å²) in [5.41, 5.74) is 0.532. The van der Waals surface area contributed by atoms with Gasteiger partial charge in [-0.15, -0.1) is 0 Å². The van der Waals surface area contributed by atoms with Gasteiger partial charge in [0.2, 0.25) is 0 Å². The topological polar surface area (TPSA) is 0 Å². The molecule has 1 aliphatic rings. The van der Waals surface area contributed by atoms with E-state index >= 15 is 0 Å². The van der Waals surface area contributed by atoms with Crippen LogP contribution < -0.4 is 0 Å². The zero-order valence-corrected chi connectivity index (χ0v) is 5.72. The lowest BCUT2D eigenvalue weighted by Gasteiger charge is -2.12. The predicted molar refractivity (Wildman–Crippen MR) is 35.4 cm³/mol. The van der Waals surface area contributed by atoms with E-state index in [1.165, 1.54) is 11.5 Å². The van der Waals surface area contributed by atoms with Gasteiger partial charge in [-0.1, -0.05) is 13.8 Å². The maximum atomic E-state index is 2.39. The molecule has 0 aromatic carbocycles. The van der Waals surface area contributed by atoms with Gasteiger partial charge in [-0.05, 0) is 23.3 Å². The zero-order chi connectivity index (χ0) is 5.33. The lowest BCUT2D eigenvalue weighted by atomic mass is 9.94. The first-order valence-corrected chi connectivity index (χ1v) is 3.78. The van der Waals surface area contributed by atoms with Crippen molar-refractivity contribution in [3.8, 4) is 0 Å². The van der Waals surface area contributed by atoms with Crippen LogP contribution in [-0.2, 0) is 0 Å². The normalized spacial score (nSPS) is 28.3. The highest BCUT2D eigenvalue weighted by Crippen LogP contribution is 2.33. The summed E-state index contributed by atoms with van der Waals surface area (Å²) in [5.74, 6) is 2.57. The van der Waals surface area contributed by atoms with Gasteiger partial charge in [0.15, 0.2) is 0 Å². The molecule has 0 aromatic rings. The van der Waals surface area contributed by atoms with Gasteiger partial charge in [-0.3, -0.25) is 0 Å². The minimum Gasteiger partial charge on any atom is -0.161 e. The van der Waals surface area contributed by atoms with Crippen molar-refractivity contribution in [3.05, 3.63) is 6.42 Å². The smallest absolute Gasteiger partial charge is 0.00129 e. The number of thioether (sulfide) groups is 1. The third-order valence-electron chi connectivity index (χ3n) is 1.23. The first-order valence-electron chi connectivity index (χ1n) is 2.63. The fourth-order valence-electron chi connectivity index (χ4n) is 0.665. The molecule has 0 aliphatic carbocycles. The lowest BCUT2D eigenvalue weighted by Crippen LogP contribution is -2.08. The molecule has 0 N–H and O–H groups in total. The molecule has 41 valence electrons. The SMILES string of the molecule is CC1(C)[CH]CSC1. The average Bonchev–Trinajstić information content (AvgIpc) is 1.84. The molecular weight excluding hydrogens is 104 g/mol. The number of hydrogen-bond donors (Lipinski definition) is 0. The van der Waals surface area contributed by atoms with Crippen molar-refractivity contribution in [1.82, 2.24) is 0 Å². The Bertz CT molecular complexity index is 58.6. The van der Waals surface area contributed by atoms with E-state index in [1.54, 1.807) is 0 Å². The Morgan fingerprint density at radius 1 is 1.57 bits per heavy atom. The molecule has 0 atom stereocenters. The summed E-state index contributed by atoms with van der Waals surface area (Å²) in [6, 6.07) is 0. The van der Waals surface area contributed by atoms with Crippen molar-refractivity contribution >= 4 is 11.8 Å². The molecule has 0 bridgehead atoms. The molecule has 0 saturated carbocycles. The second-order valence-corrected chi connectivity index (χ2v) is 3.74. The standard InChI is InChI=1S/C6H11S/c1-6(2)3-4-7-5-6/h3H,4-5H2,1-2H3. The predicted octanol–water partition coefficient (Wildman–Crippen LogP) is 1.96. The Kier molecular flexibility index (Phi) is 1.33. The van der Waals surface area contributed by atoms with Crippen molar-refractivity contribution in [2.45, 2.75) is 13.8 Å². The minimum absolute atomic E-state index is 0.532. The van der Waals surface area contributed by atoms with Gasteiger partial charge >= 0.3 is 0 Å². The van der Waals surface area contributed by atoms with Crippen LogP contribution >= 0.6 is 11.8 Å². The van der Waals surface area contributed by atoms with Crippen LogP contribution in [0.5, 0.6) is 0 Å². The lowest BCUT2D eigenvalue weighted by molar-refractivity contribution is 0.525. The number of rotatable bonds is 0. The first kappa shape index (κ1) is 5.49. The molecule has 0 nitrogen and oxygen atoms in total. The highest BCUT2D eigenvalue weighted by molar-refractivity contribution is 7.99. The number of hydrogen-bond acceptors (Lipinski definition) is 1. The van der Waals surface area contributed by atoms with Crippen LogP contribution in [0.3, 0.4) is 0 Å². The molecule has 0 spiro atoms. The van der Waals surface area contributed by atoms with Gasteiger partial charge in [0.05, 0.1) is 0 Å². The van der Waals surface area contributed by atoms with Gasteiger partial charge in [0.25, 0.3) is 0 Å². The molecule has 1 aliphatic heterocycles. The third-order valence-corrected chi connectivity index (χ3v) is 2.58. The van der Waals surface area contributed by atoms with Gasteiger partial charge in [0, 0.05) is 0 Å². The van der Waals surface area contributed by atoms with Crippen LogP contribution in [0.2, 0.25) is 0 Å². The van der Waals surface area contributed by atoms with E-state index in [2.05, 4.69) is 20.3 Å². The monoisotopic (exact) mass is 115 g/mol. The van der Waals surface area contributed by atoms with Crippen molar-refractivity contribution in [3.63, 3.8) is 0 Å². The minimum atomic E-state index is 0.532. The maximum absolute atomic E-state index is 2.39. The summed E-state index contributed by atoms with van der Waals surface area (Å²) in [4.78, 5) is 0. The summed E-state index contributed by atoms with van der Waals surface area (Å²) in [7, 11) is 0. The van der Waals surface area contributed by atoms with Crippen LogP contribution in [0.4, 0.5) is 0 Å². The van der Waals surface area contributed by atoms with Crippen molar-refractivity contribution < 1.29 is 0 Å². The van der Waals surface area contributed by atoms with Gasteiger partial charge in [0.1, 0.15) is 0 Å². The Labute approximate surface area is 49.7 Å². The molecule has 1 heterocycles. The van der Waals surface area contributed by atoms with E-state index in [4.69, 9.17) is 0 Å². The fourth-order valence-corrected chi connectivity index (χ4v) is 2.00. The third kappa shape index (κ3) is 1.37. The molecule has 1 rings (SSSR count). The van der Waals surface area contributed by atoms with Gasteiger partial charge in [-0.2, -0.15) is 11.8 Å². The highest BCUT2D eigenvalue weighted by Gasteiger charge is 2.22. The summed E-state index contributed by atoms with van der Waals surface area (Å²) in [6.45, 7) is 4.57. The molecular formula is C6H11S. The van der Waals surface area contributed by atoms with Gasteiger partial charge in [-0.25, -0.2) is 0 Å². The molecule has 1 heteroatoms. The summed E-state index contributed by atoms with van der Waals surface area (Å²) in [6.07, 6.45) is 2.39. The van der Waals surface area contributed by atoms with Crippen molar-refractivity contribution in [1.29, 1.82) is 0 Å². The molecule has 1 saturated heterocycles. The van der Waals surface area contributed by atoms with E-state index in [-0.39, 0.29) is 0 Å². The molecule has 1 fully saturated rings. The maximum Gasteiger partial charge on any atom is -0.00129 e. The van der Waals surface area contributed by atoms with E-state index in [0.717, 1.165) is 0 Å². The molecule has 0 amide bonds. The van der Waals surface area contributed by atoms with Crippen LogP contribution in [0.1, 0.15) is 13.8 Å². The largest absolute Gasteiger partial charge is 0.161 e. The molecule has 1 radical (unpaired) electrons. The van der Waals surface area contributed by atoms with Crippen molar-refractivity contribution in [2.24, 2.45) is 5.41 Å². The Morgan fingerprint density at radius 2 is 2.29 bits per heavy atom. The van der Waals surface area contributed by atoms with E-state index in [1.807, 2.05) is 11.8 Å². The van der Waals surface area contributed by atoms with Crippen LogP contribution in [0, 0.1) is 11.8 Å². The summed E-state index contributed by atoms with van der Waals surface area (Å²) >= 11 is 2.03. The summed E-state index contributed by atoms with van der Waals surface area (Å²) < 4.78 is 0. The molecule has 7 heavy (non-hydrogen) atoms. The Hall–Kier alpha value is 0.350. The Balaban J connectivity index is 2.40. The van der Waals surface area contributed by atoms with Crippen LogP contribution in [-0.4, -0.2) is 11.5 Å². The Morgan fingerprint density at radius 3 is 2.43 bits per heavy atom. The van der Waals surface area contributed by atoms with Gasteiger partial charge < -0.3 is 0 Å². The van der Waals surface area contributed by atoms with E-state index < -0.39 is 0 Å². The quantitative estimate of drug-likeness (QED) is 0.465. The van der Waals surface area contributed by atoms with Crippen LogP contribution in [0.15, 0.2) is 0 Å². The average molecular weight is 115 g/mol.